The third kappa shape index (κ3) is 3.51. The Balaban J connectivity index is 0.00000196. The van der Waals surface area contributed by atoms with E-state index in [2.05, 4.69) is 29.5 Å². The van der Waals surface area contributed by atoms with Crippen LogP contribution in [0.25, 0.3) is 5.69 Å². The minimum atomic E-state index is 0. The molecule has 0 spiro atoms. The Bertz CT molecular complexity index is 774. The highest BCUT2D eigenvalue weighted by Gasteiger charge is 2.32. The number of aromatic nitrogens is 2. The first-order valence-electron chi connectivity index (χ1n) is 9.25. The highest BCUT2D eigenvalue weighted by molar-refractivity contribution is 5.95. The second-order valence-electron chi connectivity index (χ2n) is 7.44. The van der Waals surface area contributed by atoms with Gasteiger partial charge in [0.2, 0.25) is 0 Å². The van der Waals surface area contributed by atoms with Crippen LogP contribution in [0.15, 0.2) is 30.5 Å². The normalized spacial score (nSPS) is 22.5. The molecule has 1 aromatic heterocycles. The molecule has 140 valence electrons. The summed E-state index contributed by atoms with van der Waals surface area (Å²) in [6, 6.07) is 8.21. The van der Waals surface area contributed by atoms with E-state index in [1.807, 2.05) is 28.6 Å². The summed E-state index contributed by atoms with van der Waals surface area (Å²) in [5.74, 6) is 1.59. The molecule has 1 aromatic carbocycles. The summed E-state index contributed by atoms with van der Waals surface area (Å²) in [6.45, 7) is 7.98. The van der Waals surface area contributed by atoms with Gasteiger partial charge < -0.3 is 10.2 Å². The first-order valence-corrected chi connectivity index (χ1v) is 9.25. The maximum atomic E-state index is 13.1. The van der Waals surface area contributed by atoms with Gasteiger partial charge in [-0.25, -0.2) is 4.68 Å². The Kier molecular flexibility index (Phi) is 5.68. The SMILES string of the molecule is Cc1cccc(-n2ncc(C(=O)N3CC[C@@H]4CNC[C@@H]4CC3)c2C)c1.Cl. The molecule has 2 aliphatic heterocycles. The van der Waals surface area contributed by atoms with Crippen molar-refractivity contribution in [1.29, 1.82) is 0 Å². The summed E-state index contributed by atoms with van der Waals surface area (Å²) >= 11 is 0. The molecule has 0 aliphatic carbocycles. The third-order valence-corrected chi connectivity index (χ3v) is 5.79. The molecule has 0 saturated carbocycles. The molecule has 1 amide bonds. The van der Waals surface area contributed by atoms with Crippen molar-refractivity contribution in [2.24, 2.45) is 11.8 Å². The third-order valence-electron chi connectivity index (χ3n) is 5.79. The second kappa shape index (κ2) is 7.80. The highest BCUT2D eigenvalue weighted by Crippen LogP contribution is 2.28. The maximum absolute atomic E-state index is 13.1. The van der Waals surface area contributed by atoms with E-state index in [0.717, 1.165) is 67.8 Å². The second-order valence-corrected chi connectivity index (χ2v) is 7.44. The number of benzene rings is 1. The van der Waals surface area contributed by atoms with E-state index in [1.54, 1.807) is 6.20 Å². The molecule has 2 aromatic rings. The predicted octanol–water partition coefficient (Wildman–Crippen LogP) is 2.98. The number of carbonyl (C=O) groups is 1. The lowest BCUT2D eigenvalue weighted by Gasteiger charge is -2.20. The van der Waals surface area contributed by atoms with Gasteiger partial charge in [-0.1, -0.05) is 12.1 Å². The number of nitrogens with one attached hydrogen (secondary N) is 1. The fraction of sp³-hybridized carbons (Fsp3) is 0.500. The van der Waals surface area contributed by atoms with Gasteiger partial charge in [-0.3, -0.25) is 4.79 Å². The van der Waals surface area contributed by atoms with Gasteiger partial charge >= 0.3 is 0 Å². The number of aryl methyl sites for hydroxylation is 1. The van der Waals surface area contributed by atoms with Crippen molar-refractivity contribution in [2.75, 3.05) is 26.2 Å². The zero-order chi connectivity index (χ0) is 17.4. The van der Waals surface area contributed by atoms with Gasteiger partial charge in [-0.05, 0) is 69.3 Å². The van der Waals surface area contributed by atoms with Crippen molar-refractivity contribution in [3.05, 3.63) is 47.3 Å². The van der Waals surface area contributed by atoms with Crippen LogP contribution in [0.4, 0.5) is 0 Å². The predicted molar refractivity (Wildman–Crippen MR) is 105 cm³/mol. The van der Waals surface area contributed by atoms with Crippen LogP contribution in [-0.2, 0) is 0 Å². The zero-order valence-electron chi connectivity index (χ0n) is 15.4. The monoisotopic (exact) mass is 374 g/mol. The molecule has 2 saturated heterocycles. The molecular weight excluding hydrogens is 348 g/mol. The maximum Gasteiger partial charge on any atom is 0.257 e. The van der Waals surface area contributed by atoms with Gasteiger partial charge in [-0.2, -0.15) is 5.10 Å². The number of halogens is 1. The Labute approximate surface area is 161 Å². The van der Waals surface area contributed by atoms with Crippen molar-refractivity contribution in [1.82, 2.24) is 20.0 Å². The van der Waals surface area contributed by atoms with Gasteiger partial charge in [0.25, 0.3) is 5.91 Å². The summed E-state index contributed by atoms with van der Waals surface area (Å²) in [7, 11) is 0. The standard InChI is InChI=1S/C20H26N4O.ClH/c1-14-4-3-5-18(10-14)24-15(2)19(13-22-24)20(25)23-8-6-16-11-21-12-17(16)7-9-23;/h3-5,10,13,16-17,21H,6-9,11-12H2,1-2H3;1H/t16-,17+;. The first kappa shape index (κ1) is 18.9. The molecule has 26 heavy (non-hydrogen) atoms. The van der Waals surface area contributed by atoms with Gasteiger partial charge in [0.15, 0.2) is 0 Å². The quantitative estimate of drug-likeness (QED) is 0.879. The van der Waals surface area contributed by atoms with E-state index in [0.29, 0.717) is 0 Å². The zero-order valence-corrected chi connectivity index (χ0v) is 16.3. The lowest BCUT2D eigenvalue weighted by atomic mass is 9.92. The fourth-order valence-corrected chi connectivity index (χ4v) is 4.23. The number of amides is 1. The molecule has 2 fully saturated rings. The summed E-state index contributed by atoms with van der Waals surface area (Å²) in [5, 5.41) is 7.97. The minimum absolute atomic E-state index is 0. The van der Waals surface area contributed by atoms with Crippen LogP contribution in [0.2, 0.25) is 0 Å². The van der Waals surface area contributed by atoms with Gasteiger partial charge in [0.05, 0.1) is 23.1 Å². The number of fused-ring (bicyclic) bond motifs is 1. The number of rotatable bonds is 2. The molecule has 6 heteroatoms. The highest BCUT2D eigenvalue weighted by atomic mass is 35.5. The van der Waals surface area contributed by atoms with Crippen LogP contribution in [0.5, 0.6) is 0 Å². The van der Waals surface area contributed by atoms with Crippen molar-refractivity contribution in [2.45, 2.75) is 26.7 Å². The molecule has 0 bridgehead atoms. The smallest absolute Gasteiger partial charge is 0.257 e. The van der Waals surface area contributed by atoms with Gasteiger partial charge in [0, 0.05) is 13.1 Å². The summed E-state index contributed by atoms with van der Waals surface area (Å²) in [4.78, 5) is 15.1. The molecule has 1 N–H and O–H groups in total. The molecule has 0 unspecified atom stereocenters. The summed E-state index contributed by atoms with van der Waals surface area (Å²) in [6.07, 6.45) is 3.94. The molecule has 4 rings (SSSR count). The molecule has 3 heterocycles. The fourth-order valence-electron chi connectivity index (χ4n) is 4.23. The Hall–Kier alpha value is -1.85. The van der Waals surface area contributed by atoms with E-state index in [9.17, 15) is 4.79 Å². The average molecular weight is 375 g/mol. The van der Waals surface area contributed by atoms with Crippen molar-refractivity contribution in [3.8, 4) is 5.69 Å². The van der Waals surface area contributed by atoms with Crippen LogP contribution in [-0.4, -0.2) is 46.8 Å². The number of carbonyl (C=O) groups excluding carboxylic acids is 1. The average Bonchev–Trinajstić information content (AvgIpc) is 3.16. The number of hydrogen-bond donors (Lipinski definition) is 1. The van der Waals surface area contributed by atoms with Crippen LogP contribution in [0, 0.1) is 25.7 Å². The van der Waals surface area contributed by atoms with Crippen molar-refractivity contribution in [3.63, 3.8) is 0 Å². The lowest BCUT2D eigenvalue weighted by molar-refractivity contribution is 0.0757. The molecule has 2 atom stereocenters. The van der Waals surface area contributed by atoms with Crippen LogP contribution < -0.4 is 5.32 Å². The van der Waals surface area contributed by atoms with E-state index in [1.165, 1.54) is 5.56 Å². The summed E-state index contributed by atoms with van der Waals surface area (Å²) < 4.78 is 1.87. The number of nitrogens with zero attached hydrogens (tertiary/aromatic N) is 3. The van der Waals surface area contributed by atoms with Crippen LogP contribution in [0.3, 0.4) is 0 Å². The minimum Gasteiger partial charge on any atom is -0.339 e. The van der Waals surface area contributed by atoms with E-state index < -0.39 is 0 Å². The lowest BCUT2D eigenvalue weighted by Crippen LogP contribution is -2.33. The molecule has 5 nitrogen and oxygen atoms in total. The molecule has 0 radical (unpaired) electrons. The van der Waals surface area contributed by atoms with Crippen LogP contribution >= 0.6 is 12.4 Å². The van der Waals surface area contributed by atoms with Gasteiger partial charge in [-0.15, -0.1) is 12.4 Å². The number of likely N-dealkylation sites (tertiary alicyclic amines) is 1. The van der Waals surface area contributed by atoms with Crippen LogP contribution in [0.1, 0.15) is 34.5 Å². The molecular formula is C20H27ClN4O. The first-order chi connectivity index (χ1) is 12.1. The van der Waals surface area contributed by atoms with E-state index in [-0.39, 0.29) is 18.3 Å². The Morgan fingerprint density at radius 2 is 1.85 bits per heavy atom. The van der Waals surface area contributed by atoms with E-state index in [4.69, 9.17) is 0 Å². The van der Waals surface area contributed by atoms with Gasteiger partial charge in [0.1, 0.15) is 0 Å². The van der Waals surface area contributed by atoms with Crippen molar-refractivity contribution < 1.29 is 4.79 Å². The largest absolute Gasteiger partial charge is 0.339 e. The number of hydrogen-bond acceptors (Lipinski definition) is 3. The topological polar surface area (TPSA) is 50.2 Å². The summed E-state index contributed by atoms with van der Waals surface area (Å²) in [5.41, 5.74) is 3.84. The Morgan fingerprint density at radius 3 is 2.50 bits per heavy atom. The Morgan fingerprint density at radius 1 is 1.15 bits per heavy atom. The molecule has 2 aliphatic rings. The van der Waals surface area contributed by atoms with Crippen molar-refractivity contribution >= 4 is 18.3 Å². The van der Waals surface area contributed by atoms with E-state index >= 15 is 0 Å².